The van der Waals surface area contributed by atoms with Gasteiger partial charge in [0.15, 0.2) is 0 Å². The van der Waals surface area contributed by atoms with Gasteiger partial charge >= 0.3 is 8.74 Å². The summed E-state index contributed by atoms with van der Waals surface area (Å²) < 4.78 is 27.8. The molecule has 2 aromatic carbocycles. The van der Waals surface area contributed by atoms with Gasteiger partial charge in [0.25, 0.3) is 0 Å². The second kappa shape index (κ2) is 6.11. The van der Waals surface area contributed by atoms with E-state index in [1.807, 2.05) is 60.7 Å². The van der Waals surface area contributed by atoms with Crippen LogP contribution in [0.25, 0.3) is 0 Å². The van der Waals surface area contributed by atoms with Gasteiger partial charge in [0.1, 0.15) is 0 Å². The van der Waals surface area contributed by atoms with E-state index in [-0.39, 0.29) is 18.0 Å². The molecule has 0 aromatic heterocycles. The lowest BCUT2D eigenvalue weighted by Crippen LogP contribution is -2.24. The van der Waals surface area contributed by atoms with Crippen LogP contribution in [-0.4, -0.2) is 8.74 Å². The number of halogens is 2. The maximum absolute atomic E-state index is 13.9. The number of rotatable bonds is 5. The summed E-state index contributed by atoms with van der Waals surface area (Å²) in [5.74, 6) is -0.191. The summed E-state index contributed by atoms with van der Waals surface area (Å²) >= 11 is 0. The Balaban J connectivity index is 2.35. The van der Waals surface area contributed by atoms with Crippen LogP contribution in [0.4, 0.5) is 8.22 Å². The largest absolute Gasteiger partial charge is 0.425 e. The molecule has 2 rings (SSSR count). The molecule has 0 heterocycles. The lowest BCUT2D eigenvalue weighted by atomic mass is 9.93. The monoisotopic (exact) mass is 276 g/mol. The fourth-order valence-corrected chi connectivity index (χ4v) is 3.60. The first-order valence-electron chi connectivity index (χ1n) is 6.60. The van der Waals surface area contributed by atoms with Gasteiger partial charge in [-0.25, -0.2) is 0 Å². The topological polar surface area (TPSA) is 0 Å². The first-order valence-corrected chi connectivity index (χ1v) is 8.77. The Morgan fingerprint density at radius 1 is 0.842 bits per heavy atom. The summed E-state index contributed by atoms with van der Waals surface area (Å²) in [6.07, 6.45) is 0. The first-order chi connectivity index (χ1) is 9.12. The van der Waals surface area contributed by atoms with E-state index >= 15 is 0 Å². The first kappa shape index (κ1) is 13.9. The number of hydrogen-bond donors (Lipinski definition) is 0. The summed E-state index contributed by atoms with van der Waals surface area (Å²) in [7, 11) is -4.11. The molecule has 19 heavy (non-hydrogen) atoms. The molecule has 3 heteroatoms. The Bertz CT molecular complexity index is 457. The minimum absolute atomic E-state index is 0.00245. The molecule has 0 atom stereocenters. The van der Waals surface area contributed by atoms with Crippen molar-refractivity contribution < 1.29 is 8.22 Å². The zero-order valence-electron chi connectivity index (χ0n) is 11.0. The molecule has 0 nitrogen and oxygen atoms in total. The lowest BCUT2D eigenvalue weighted by Gasteiger charge is -2.21. The van der Waals surface area contributed by atoms with E-state index in [0.717, 1.165) is 11.1 Å². The minimum Gasteiger partial charge on any atom is -0.270 e. The summed E-state index contributed by atoms with van der Waals surface area (Å²) in [6.45, 7) is 1.60. The molecule has 0 amide bonds. The molecule has 0 radical (unpaired) electrons. The molecule has 0 aliphatic heterocycles. The Labute approximate surface area is 114 Å². The van der Waals surface area contributed by atoms with Crippen molar-refractivity contribution >= 4 is 8.74 Å². The van der Waals surface area contributed by atoms with Crippen molar-refractivity contribution in [3.8, 4) is 0 Å². The molecule has 0 spiro atoms. The van der Waals surface area contributed by atoms with E-state index in [1.54, 1.807) is 6.92 Å². The van der Waals surface area contributed by atoms with Gasteiger partial charge in [-0.2, -0.15) is 0 Å². The normalized spacial score (nSPS) is 11.8. The fourth-order valence-electron chi connectivity index (χ4n) is 2.24. The quantitative estimate of drug-likeness (QED) is 0.519. The van der Waals surface area contributed by atoms with Crippen molar-refractivity contribution in [1.82, 2.24) is 0 Å². The highest BCUT2D eigenvalue weighted by Crippen LogP contribution is 2.35. The highest BCUT2D eigenvalue weighted by atomic mass is 28.4. The third-order valence-electron chi connectivity index (χ3n) is 3.42. The molecule has 0 N–H and O–H groups in total. The average molecular weight is 276 g/mol. The van der Waals surface area contributed by atoms with Gasteiger partial charge in [0.2, 0.25) is 0 Å². The molecule has 0 unspecified atom stereocenters. The van der Waals surface area contributed by atoms with E-state index in [9.17, 15) is 8.22 Å². The van der Waals surface area contributed by atoms with Crippen molar-refractivity contribution in [3.05, 3.63) is 71.8 Å². The van der Waals surface area contributed by atoms with E-state index in [2.05, 4.69) is 0 Å². The van der Waals surface area contributed by atoms with Gasteiger partial charge in [-0.1, -0.05) is 67.6 Å². The Morgan fingerprint density at radius 3 is 1.63 bits per heavy atom. The summed E-state index contributed by atoms with van der Waals surface area (Å²) in [5.41, 5.74) is 1.96. The van der Waals surface area contributed by atoms with E-state index in [1.165, 1.54) is 0 Å². The molecule has 0 fully saturated rings. The van der Waals surface area contributed by atoms with Crippen molar-refractivity contribution in [3.63, 3.8) is 0 Å². The predicted octanol–water partition coefficient (Wildman–Crippen LogP) is 5.22. The van der Waals surface area contributed by atoms with E-state index < -0.39 is 8.74 Å². The Hall–Kier alpha value is -1.48. The standard InChI is InChI=1S/C16H18F2Si/c1-2-19(17,18)13-16(14-9-5-3-6-10-14)15-11-7-4-8-12-15/h3-12,16H,2,13H2,1H3. The maximum Gasteiger partial charge on any atom is 0.425 e. The van der Waals surface area contributed by atoms with Gasteiger partial charge in [-0.3, -0.25) is 8.22 Å². The van der Waals surface area contributed by atoms with Gasteiger partial charge in [0, 0.05) is 12.0 Å². The van der Waals surface area contributed by atoms with Crippen LogP contribution in [0.15, 0.2) is 60.7 Å². The summed E-state index contributed by atoms with van der Waals surface area (Å²) in [4.78, 5) is 0. The summed E-state index contributed by atoms with van der Waals surface area (Å²) in [6, 6.07) is 19.3. The zero-order valence-corrected chi connectivity index (χ0v) is 12.0. The highest BCUT2D eigenvalue weighted by molar-refractivity contribution is 6.66. The van der Waals surface area contributed by atoms with Gasteiger partial charge in [-0.15, -0.1) is 0 Å². The smallest absolute Gasteiger partial charge is 0.270 e. The third-order valence-corrected chi connectivity index (χ3v) is 5.46. The second-order valence-corrected chi connectivity index (χ2v) is 7.61. The predicted molar refractivity (Wildman–Crippen MR) is 78.0 cm³/mol. The molecule has 0 aliphatic rings. The molecule has 0 aliphatic carbocycles. The highest BCUT2D eigenvalue weighted by Gasteiger charge is 2.36. The van der Waals surface area contributed by atoms with Gasteiger partial charge in [-0.05, 0) is 17.2 Å². The molecule has 0 saturated carbocycles. The number of benzene rings is 2. The molecule has 0 bridgehead atoms. The van der Waals surface area contributed by atoms with E-state index in [4.69, 9.17) is 0 Å². The maximum atomic E-state index is 13.9. The molecule has 100 valence electrons. The van der Waals surface area contributed by atoms with Crippen LogP contribution < -0.4 is 0 Å². The molecular formula is C16H18F2Si. The van der Waals surface area contributed by atoms with Crippen molar-refractivity contribution in [2.75, 3.05) is 0 Å². The summed E-state index contributed by atoms with van der Waals surface area (Å²) in [5, 5.41) is 0. The molecule has 2 aromatic rings. The SMILES string of the molecule is CC[Si](F)(F)CC(c1ccccc1)c1ccccc1. The Kier molecular flexibility index (Phi) is 4.48. The fraction of sp³-hybridized carbons (Fsp3) is 0.250. The lowest BCUT2D eigenvalue weighted by molar-refractivity contribution is 0.578. The third kappa shape index (κ3) is 3.74. The number of hydrogen-bond acceptors (Lipinski definition) is 0. The van der Waals surface area contributed by atoms with Gasteiger partial charge in [0.05, 0.1) is 0 Å². The molecule has 0 saturated heterocycles. The molecular weight excluding hydrogens is 258 g/mol. The van der Waals surface area contributed by atoms with Crippen LogP contribution in [0.1, 0.15) is 24.0 Å². The zero-order chi connectivity index (χ0) is 13.7. The van der Waals surface area contributed by atoms with Gasteiger partial charge < -0.3 is 0 Å². The van der Waals surface area contributed by atoms with Crippen LogP contribution in [0.5, 0.6) is 0 Å². The Morgan fingerprint density at radius 2 is 1.26 bits per heavy atom. The van der Waals surface area contributed by atoms with Crippen LogP contribution in [-0.2, 0) is 0 Å². The van der Waals surface area contributed by atoms with Crippen molar-refractivity contribution in [2.24, 2.45) is 0 Å². The van der Waals surface area contributed by atoms with Crippen LogP contribution in [0.3, 0.4) is 0 Å². The van der Waals surface area contributed by atoms with Crippen molar-refractivity contribution in [2.45, 2.75) is 24.9 Å². The van der Waals surface area contributed by atoms with Crippen LogP contribution in [0.2, 0.25) is 12.1 Å². The van der Waals surface area contributed by atoms with Crippen LogP contribution in [0, 0.1) is 0 Å². The minimum atomic E-state index is -4.11. The second-order valence-electron chi connectivity index (χ2n) is 4.79. The van der Waals surface area contributed by atoms with Crippen LogP contribution >= 0.6 is 0 Å². The van der Waals surface area contributed by atoms with E-state index in [0.29, 0.717) is 0 Å². The van der Waals surface area contributed by atoms with Crippen molar-refractivity contribution in [1.29, 1.82) is 0 Å². The average Bonchev–Trinajstić information content (AvgIpc) is 2.47.